The predicted octanol–water partition coefficient (Wildman–Crippen LogP) is 1.92. The van der Waals surface area contributed by atoms with Gasteiger partial charge >= 0.3 is 11.9 Å². The lowest BCUT2D eigenvalue weighted by atomic mass is 9.91. The van der Waals surface area contributed by atoms with Crippen LogP contribution >= 0.6 is 0 Å². The highest BCUT2D eigenvalue weighted by molar-refractivity contribution is 6.03. The van der Waals surface area contributed by atoms with Crippen molar-refractivity contribution in [2.75, 3.05) is 13.2 Å². The summed E-state index contributed by atoms with van der Waals surface area (Å²) in [5.41, 5.74) is -1.51. The van der Waals surface area contributed by atoms with Gasteiger partial charge in [0, 0.05) is 6.42 Å². The number of esters is 2. The van der Waals surface area contributed by atoms with Crippen molar-refractivity contribution in [3.8, 4) is 11.8 Å². The van der Waals surface area contributed by atoms with E-state index in [4.69, 9.17) is 9.47 Å². The van der Waals surface area contributed by atoms with Crippen LogP contribution in [-0.4, -0.2) is 25.2 Å². The summed E-state index contributed by atoms with van der Waals surface area (Å²) in [4.78, 5) is 23.5. The third-order valence-electron chi connectivity index (χ3n) is 2.08. The zero-order valence-electron chi connectivity index (χ0n) is 11.0. The van der Waals surface area contributed by atoms with Gasteiger partial charge in [-0.05, 0) is 27.2 Å². The van der Waals surface area contributed by atoms with Gasteiger partial charge in [0.1, 0.15) is 0 Å². The van der Waals surface area contributed by atoms with Crippen molar-refractivity contribution in [3.63, 3.8) is 0 Å². The summed E-state index contributed by atoms with van der Waals surface area (Å²) >= 11 is 0. The molecule has 0 bridgehead atoms. The first-order valence-corrected chi connectivity index (χ1v) is 5.87. The van der Waals surface area contributed by atoms with Crippen LogP contribution in [0.3, 0.4) is 0 Å². The number of unbranched alkanes of at least 4 members (excludes halogenated alkanes) is 1. The van der Waals surface area contributed by atoms with E-state index in [9.17, 15) is 9.59 Å². The van der Waals surface area contributed by atoms with Crippen molar-refractivity contribution >= 4 is 11.9 Å². The Labute approximate surface area is 103 Å². The summed E-state index contributed by atoms with van der Waals surface area (Å²) in [6.07, 6.45) is 1.50. The number of carbonyl (C=O) groups is 2. The smallest absolute Gasteiger partial charge is 0.335 e. The van der Waals surface area contributed by atoms with E-state index in [0.717, 1.165) is 6.42 Å². The molecule has 0 atom stereocenters. The maximum Gasteiger partial charge on any atom is 0.335 e. The van der Waals surface area contributed by atoms with Crippen LogP contribution in [0.5, 0.6) is 0 Å². The minimum atomic E-state index is -1.51. The van der Waals surface area contributed by atoms with Crippen LogP contribution in [0.2, 0.25) is 0 Å². The molecule has 17 heavy (non-hydrogen) atoms. The third kappa shape index (κ3) is 4.48. The third-order valence-corrected chi connectivity index (χ3v) is 2.08. The largest absolute Gasteiger partial charge is 0.464 e. The van der Waals surface area contributed by atoms with E-state index in [-0.39, 0.29) is 13.2 Å². The van der Waals surface area contributed by atoms with Crippen LogP contribution in [0, 0.1) is 17.3 Å². The summed E-state index contributed by atoms with van der Waals surface area (Å²) in [6, 6.07) is 0. The summed E-state index contributed by atoms with van der Waals surface area (Å²) in [5, 5.41) is 0. The van der Waals surface area contributed by atoms with Gasteiger partial charge in [-0.2, -0.15) is 0 Å². The Morgan fingerprint density at radius 3 is 1.88 bits per heavy atom. The Morgan fingerprint density at radius 2 is 1.53 bits per heavy atom. The number of carbonyl (C=O) groups excluding carboxylic acids is 2. The molecule has 0 N–H and O–H groups in total. The molecule has 96 valence electrons. The molecule has 4 heteroatoms. The number of hydrogen-bond acceptors (Lipinski definition) is 4. The van der Waals surface area contributed by atoms with Crippen molar-refractivity contribution in [1.82, 2.24) is 0 Å². The van der Waals surface area contributed by atoms with Gasteiger partial charge in [-0.25, -0.2) is 9.59 Å². The molecule has 4 nitrogen and oxygen atoms in total. The highest BCUT2D eigenvalue weighted by Gasteiger charge is 2.42. The summed E-state index contributed by atoms with van der Waals surface area (Å²) < 4.78 is 9.73. The number of ether oxygens (including phenoxy) is 2. The Hall–Kier alpha value is -1.50. The highest BCUT2D eigenvalue weighted by atomic mass is 16.6. The average molecular weight is 240 g/mol. The number of hydrogen-bond donors (Lipinski definition) is 0. The van der Waals surface area contributed by atoms with Crippen LogP contribution in [0.25, 0.3) is 0 Å². The quantitative estimate of drug-likeness (QED) is 0.418. The van der Waals surface area contributed by atoms with E-state index in [0.29, 0.717) is 6.42 Å². The lowest BCUT2D eigenvalue weighted by molar-refractivity contribution is -0.165. The topological polar surface area (TPSA) is 52.6 Å². The van der Waals surface area contributed by atoms with Gasteiger partial charge in [0.15, 0.2) is 0 Å². The van der Waals surface area contributed by atoms with Crippen LogP contribution in [-0.2, 0) is 19.1 Å². The highest BCUT2D eigenvalue weighted by Crippen LogP contribution is 2.20. The molecule has 0 aromatic rings. The zero-order valence-corrected chi connectivity index (χ0v) is 11.0. The van der Waals surface area contributed by atoms with Gasteiger partial charge in [-0.15, -0.1) is 5.92 Å². The van der Waals surface area contributed by atoms with Crippen molar-refractivity contribution in [1.29, 1.82) is 0 Å². The van der Waals surface area contributed by atoms with Gasteiger partial charge < -0.3 is 9.47 Å². The van der Waals surface area contributed by atoms with Crippen LogP contribution in [0.4, 0.5) is 0 Å². The first-order chi connectivity index (χ1) is 8.02. The van der Waals surface area contributed by atoms with Gasteiger partial charge in [0.25, 0.3) is 0 Å². The molecule has 0 amide bonds. The van der Waals surface area contributed by atoms with Crippen molar-refractivity contribution in [2.45, 2.75) is 40.5 Å². The fourth-order valence-electron chi connectivity index (χ4n) is 1.10. The molecule has 0 heterocycles. The summed E-state index contributed by atoms with van der Waals surface area (Å²) in [7, 11) is 0. The molecule has 0 radical (unpaired) electrons. The average Bonchev–Trinajstić information content (AvgIpc) is 2.29. The molecule has 0 aliphatic carbocycles. The molecule has 0 saturated carbocycles. The Kier molecular flexibility index (Phi) is 7.04. The lowest BCUT2D eigenvalue weighted by Crippen LogP contribution is -2.38. The molecule has 0 fully saturated rings. The van der Waals surface area contributed by atoms with Crippen molar-refractivity contribution in [3.05, 3.63) is 0 Å². The second-order valence-corrected chi connectivity index (χ2v) is 3.62. The first-order valence-electron chi connectivity index (χ1n) is 5.87. The molecule has 0 unspecified atom stereocenters. The molecule has 0 aromatic carbocycles. The monoisotopic (exact) mass is 240 g/mol. The second kappa shape index (κ2) is 7.72. The fraction of sp³-hybridized carbons (Fsp3) is 0.692. The SMILES string of the molecule is CCCC#CC(C)(C(=O)OCC)C(=O)OCC. The molecule has 0 spiro atoms. The van der Waals surface area contributed by atoms with Gasteiger partial charge in [-0.3, -0.25) is 0 Å². The van der Waals surface area contributed by atoms with Gasteiger partial charge in [0.2, 0.25) is 5.41 Å². The van der Waals surface area contributed by atoms with Gasteiger partial charge in [-0.1, -0.05) is 12.8 Å². The Balaban J connectivity index is 5.01. The van der Waals surface area contributed by atoms with Crippen molar-refractivity contribution < 1.29 is 19.1 Å². The molecule has 0 aliphatic rings. The molecule has 0 rings (SSSR count). The van der Waals surface area contributed by atoms with Gasteiger partial charge in [0.05, 0.1) is 13.2 Å². The van der Waals surface area contributed by atoms with E-state index in [1.165, 1.54) is 6.92 Å². The molecular weight excluding hydrogens is 220 g/mol. The molecule has 0 saturated heterocycles. The maximum atomic E-state index is 11.7. The minimum absolute atomic E-state index is 0.212. The molecule has 0 aromatic heterocycles. The standard InChI is InChI=1S/C13H20O4/c1-5-8-9-10-13(4,11(14)16-6-2)12(15)17-7-3/h5-8H2,1-4H3. The van der Waals surface area contributed by atoms with Crippen LogP contribution < -0.4 is 0 Å². The Morgan fingerprint density at radius 1 is 1.06 bits per heavy atom. The van der Waals surface area contributed by atoms with Crippen LogP contribution in [0.1, 0.15) is 40.5 Å². The first kappa shape index (κ1) is 15.5. The minimum Gasteiger partial charge on any atom is -0.464 e. The summed E-state index contributed by atoms with van der Waals surface area (Å²) in [5.74, 6) is 4.17. The zero-order chi connectivity index (χ0) is 13.3. The van der Waals surface area contributed by atoms with E-state index in [1.54, 1.807) is 13.8 Å². The Bertz CT molecular complexity index is 304. The van der Waals surface area contributed by atoms with Crippen LogP contribution in [0.15, 0.2) is 0 Å². The lowest BCUT2D eigenvalue weighted by Gasteiger charge is -2.19. The van der Waals surface area contributed by atoms with E-state index in [2.05, 4.69) is 11.8 Å². The summed E-state index contributed by atoms with van der Waals surface area (Å²) in [6.45, 7) is 7.20. The second-order valence-electron chi connectivity index (χ2n) is 3.62. The normalized spacial score (nSPS) is 10.1. The molecular formula is C13H20O4. The van der Waals surface area contributed by atoms with E-state index >= 15 is 0 Å². The van der Waals surface area contributed by atoms with E-state index in [1.807, 2.05) is 6.92 Å². The van der Waals surface area contributed by atoms with E-state index < -0.39 is 17.4 Å². The fourth-order valence-corrected chi connectivity index (χ4v) is 1.10. The van der Waals surface area contributed by atoms with Crippen molar-refractivity contribution in [2.24, 2.45) is 5.41 Å². The molecule has 0 aliphatic heterocycles. The maximum absolute atomic E-state index is 11.7. The number of rotatable bonds is 5. The predicted molar refractivity (Wildman–Crippen MR) is 64.1 cm³/mol.